The third kappa shape index (κ3) is 2.43. The molecule has 7 heteroatoms. The normalized spacial score (nSPS) is 14.8. The summed E-state index contributed by atoms with van der Waals surface area (Å²) in [6.45, 7) is 1.01. The largest absolute Gasteiger partial charge is 0.397 e. The van der Waals surface area contributed by atoms with Crippen molar-refractivity contribution in [3.8, 4) is 0 Å². The van der Waals surface area contributed by atoms with Crippen molar-refractivity contribution in [2.75, 3.05) is 36.8 Å². The number of nitrogens with one attached hydrogen (secondary N) is 1. The average Bonchev–Trinajstić information content (AvgIpc) is 2.75. The van der Waals surface area contributed by atoms with E-state index in [9.17, 15) is 8.42 Å². The summed E-state index contributed by atoms with van der Waals surface area (Å²) in [7, 11) is -2.02. The highest BCUT2D eigenvalue weighted by molar-refractivity contribution is 7.90. The topological polar surface area (TPSA) is 84.7 Å². The van der Waals surface area contributed by atoms with Crippen LogP contribution in [0.2, 0.25) is 0 Å². The summed E-state index contributed by atoms with van der Waals surface area (Å²) in [4.78, 5) is 0. The van der Waals surface area contributed by atoms with Gasteiger partial charge in [-0.05, 0) is 18.1 Å². The van der Waals surface area contributed by atoms with E-state index in [0.29, 0.717) is 30.9 Å². The van der Waals surface area contributed by atoms with E-state index in [0.717, 1.165) is 5.56 Å². The fourth-order valence-corrected chi connectivity index (χ4v) is 3.33. The predicted octanol–water partition coefficient (Wildman–Crippen LogP) is 0.112. The van der Waals surface area contributed by atoms with Gasteiger partial charge in [-0.3, -0.25) is 4.31 Å². The Morgan fingerprint density at radius 3 is 3.00 bits per heavy atom. The van der Waals surface area contributed by atoms with Crippen LogP contribution in [-0.4, -0.2) is 35.2 Å². The van der Waals surface area contributed by atoms with Crippen LogP contribution in [0.15, 0.2) is 18.2 Å². The second kappa shape index (κ2) is 5.13. The van der Waals surface area contributed by atoms with Crippen molar-refractivity contribution in [1.82, 2.24) is 4.72 Å². The molecule has 1 aliphatic heterocycles. The molecule has 0 radical (unpaired) electrons. The second-order valence-electron chi connectivity index (χ2n) is 4.07. The number of nitrogens with two attached hydrogens (primary N) is 1. The Morgan fingerprint density at radius 1 is 1.50 bits per heavy atom. The van der Waals surface area contributed by atoms with Gasteiger partial charge in [0.1, 0.15) is 0 Å². The van der Waals surface area contributed by atoms with E-state index in [1.807, 2.05) is 12.1 Å². The molecule has 0 amide bonds. The number of hydrogen-bond acceptors (Lipinski definition) is 4. The number of benzene rings is 1. The minimum Gasteiger partial charge on any atom is -0.397 e. The first kappa shape index (κ1) is 13.1. The van der Waals surface area contributed by atoms with E-state index >= 15 is 0 Å². The Morgan fingerprint density at radius 2 is 2.28 bits per heavy atom. The number of ether oxygens (including phenoxy) is 1. The molecule has 0 saturated heterocycles. The molecule has 0 fully saturated rings. The number of anilines is 2. The van der Waals surface area contributed by atoms with Crippen LogP contribution in [0.1, 0.15) is 5.56 Å². The lowest BCUT2D eigenvalue weighted by atomic mass is 10.1. The molecule has 0 unspecified atom stereocenters. The van der Waals surface area contributed by atoms with Crippen LogP contribution in [0.4, 0.5) is 11.4 Å². The van der Waals surface area contributed by atoms with Crippen LogP contribution in [0, 0.1) is 0 Å². The molecule has 3 N–H and O–H groups in total. The fourth-order valence-electron chi connectivity index (χ4n) is 2.04. The van der Waals surface area contributed by atoms with E-state index < -0.39 is 10.2 Å². The van der Waals surface area contributed by atoms with Crippen molar-refractivity contribution in [2.24, 2.45) is 0 Å². The Hall–Kier alpha value is -1.31. The highest BCUT2D eigenvalue weighted by Gasteiger charge is 2.30. The van der Waals surface area contributed by atoms with Gasteiger partial charge in [0.25, 0.3) is 0 Å². The first-order chi connectivity index (χ1) is 8.56. The van der Waals surface area contributed by atoms with Gasteiger partial charge in [0.2, 0.25) is 0 Å². The van der Waals surface area contributed by atoms with Crippen molar-refractivity contribution in [3.05, 3.63) is 23.8 Å². The van der Waals surface area contributed by atoms with Crippen LogP contribution in [0.3, 0.4) is 0 Å². The molecule has 0 atom stereocenters. The number of nitrogen functional groups attached to an aromatic ring is 1. The first-order valence-corrected chi connectivity index (χ1v) is 7.14. The number of fused-ring (bicyclic) bond motifs is 1. The van der Waals surface area contributed by atoms with Gasteiger partial charge in [0.05, 0.1) is 18.0 Å². The number of hydrogen-bond donors (Lipinski definition) is 2. The lowest BCUT2D eigenvalue weighted by molar-refractivity contribution is 0.204. The third-order valence-corrected chi connectivity index (χ3v) is 4.38. The molecule has 1 aliphatic rings. The summed E-state index contributed by atoms with van der Waals surface area (Å²) < 4.78 is 32.9. The molecule has 18 heavy (non-hydrogen) atoms. The number of nitrogens with zero attached hydrogens (tertiary/aromatic N) is 1. The third-order valence-electron chi connectivity index (χ3n) is 2.87. The number of methoxy groups -OCH3 is 1. The van der Waals surface area contributed by atoms with Crippen molar-refractivity contribution in [2.45, 2.75) is 6.42 Å². The van der Waals surface area contributed by atoms with Gasteiger partial charge in [-0.25, -0.2) is 0 Å². The molecular formula is C11H17N3O3S. The number of para-hydroxylation sites is 1. The maximum atomic E-state index is 12.1. The van der Waals surface area contributed by atoms with Crippen molar-refractivity contribution in [3.63, 3.8) is 0 Å². The maximum absolute atomic E-state index is 12.1. The van der Waals surface area contributed by atoms with E-state index in [-0.39, 0.29) is 6.54 Å². The maximum Gasteiger partial charge on any atom is 0.301 e. The van der Waals surface area contributed by atoms with Crippen molar-refractivity contribution in [1.29, 1.82) is 0 Å². The Bertz CT molecular complexity index is 530. The summed E-state index contributed by atoms with van der Waals surface area (Å²) in [5.74, 6) is 0. The van der Waals surface area contributed by atoms with Gasteiger partial charge < -0.3 is 10.5 Å². The van der Waals surface area contributed by atoms with Crippen LogP contribution < -0.4 is 14.8 Å². The molecule has 0 bridgehead atoms. The van der Waals surface area contributed by atoms with E-state index in [2.05, 4.69) is 4.72 Å². The van der Waals surface area contributed by atoms with Gasteiger partial charge >= 0.3 is 10.2 Å². The zero-order valence-electron chi connectivity index (χ0n) is 10.2. The molecule has 0 saturated carbocycles. The Labute approximate surface area is 107 Å². The predicted molar refractivity (Wildman–Crippen MR) is 70.7 cm³/mol. The molecule has 1 heterocycles. The fraction of sp³-hybridized carbons (Fsp3) is 0.455. The lowest BCUT2D eigenvalue weighted by Gasteiger charge is -2.21. The van der Waals surface area contributed by atoms with Gasteiger partial charge in [0.15, 0.2) is 0 Å². The summed E-state index contributed by atoms with van der Waals surface area (Å²) in [6.07, 6.45) is 0.686. The monoisotopic (exact) mass is 271 g/mol. The molecule has 0 spiro atoms. The summed E-state index contributed by atoms with van der Waals surface area (Å²) >= 11 is 0. The SMILES string of the molecule is COCCNS(=O)(=O)N1CCc2cccc(N)c21. The minimum absolute atomic E-state index is 0.247. The van der Waals surface area contributed by atoms with Crippen LogP contribution in [0.5, 0.6) is 0 Å². The van der Waals surface area contributed by atoms with Gasteiger partial charge in [-0.15, -0.1) is 0 Å². The van der Waals surface area contributed by atoms with E-state index in [1.54, 1.807) is 6.07 Å². The highest BCUT2D eigenvalue weighted by Crippen LogP contribution is 2.34. The average molecular weight is 271 g/mol. The smallest absolute Gasteiger partial charge is 0.301 e. The zero-order valence-corrected chi connectivity index (χ0v) is 11.0. The summed E-state index contributed by atoms with van der Waals surface area (Å²) in [5.41, 5.74) is 7.91. The quantitative estimate of drug-likeness (QED) is 0.588. The number of rotatable bonds is 5. The van der Waals surface area contributed by atoms with Crippen molar-refractivity contribution < 1.29 is 13.2 Å². The molecule has 2 rings (SSSR count). The van der Waals surface area contributed by atoms with Gasteiger partial charge in [-0.1, -0.05) is 12.1 Å². The standard InChI is InChI=1S/C11H17N3O3S/c1-17-8-6-13-18(15,16)14-7-5-9-3-2-4-10(12)11(9)14/h2-4,13H,5-8,12H2,1H3. The van der Waals surface area contributed by atoms with Crippen LogP contribution >= 0.6 is 0 Å². The van der Waals surface area contributed by atoms with Gasteiger partial charge in [0, 0.05) is 20.2 Å². The van der Waals surface area contributed by atoms with Gasteiger partial charge in [-0.2, -0.15) is 13.1 Å². The Balaban J connectivity index is 2.22. The molecule has 6 nitrogen and oxygen atoms in total. The molecule has 1 aromatic rings. The molecule has 0 aliphatic carbocycles. The minimum atomic E-state index is -3.54. The second-order valence-corrected chi connectivity index (χ2v) is 5.75. The molecule has 0 aromatic heterocycles. The Kier molecular flexibility index (Phi) is 3.74. The van der Waals surface area contributed by atoms with Crippen LogP contribution in [-0.2, 0) is 21.4 Å². The van der Waals surface area contributed by atoms with E-state index in [1.165, 1.54) is 11.4 Å². The van der Waals surface area contributed by atoms with Crippen molar-refractivity contribution >= 4 is 21.6 Å². The summed E-state index contributed by atoms with van der Waals surface area (Å²) in [5, 5.41) is 0. The lowest BCUT2D eigenvalue weighted by Crippen LogP contribution is -2.41. The molecular weight excluding hydrogens is 254 g/mol. The molecule has 100 valence electrons. The first-order valence-electron chi connectivity index (χ1n) is 5.70. The highest BCUT2D eigenvalue weighted by atomic mass is 32.2. The zero-order chi connectivity index (χ0) is 13.2. The molecule has 1 aromatic carbocycles. The van der Waals surface area contributed by atoms with E-state index in [4.69, 9.17) is 10.5 Å². The van der Waals surface area contributed by atoms with Crippen LogP contribution in [0.25, 0.3) is 0 Å². The summed E-state index contributed by atoms with van der Waals surface area (Å²) in [6, 6.07) is 5.45.